The van der Waals surface area contributed by atoms with Gasteiger partial charge in [0.1, 0.15) is 0 Å². The number of hydrazine groups is 1. The molecule has 0 aliphatic carbocycles. The van der Waals surface area contributed by atoms with Crippen molar-refractivity contribution in [3.8, 4) is 0 Å². The summed E-state index contributed by atoms with van der Waals surface area (Å²) in [6, 6.07) is 4.05. The SMILES string of the molecule is CC(NN)c1cccnc1. The predicted molar refractivity (Wildman–Crippen MR) is 40.0 cm³/mol. The Kier molecular flexibility index (Phi) is 2.36. The van der Waals surface area contributed by atoms with Crippen LogP contribution in [-0.4, -0.2) is 4.98 Å². The fraction of sp³-hybridized carbons (Fsp3) is 0.286. The molecule has 1 atom stereocenters. The van der Waals surface area contributed by atoms with Crippen molar-refractivity contribution in [3.05, 3.63) is 30.1 Å². The third-order valence-electron chi connectivity index (χ3n) is 1.43. The van der Waals surface area contributed by atoms with Gasteiger partial charge in [0.2, 0.25) is 0 Å². The highest BCUT2D eigenvalue weighted by atomic mass is 15.2. The van der Waals surface area contributed by atoms with Gasteiger partial charge in [0.05, 0.1) is 0 Å². The smallest absolute Gasteiger partial charge is 0.0447 e. The Morgan fingerprint density at radius 3 is 3.00 bits per heavy atom. The maximum atomic E-state index is 5.23. The molecule has 1 rings (SSSR count). The number of pyridine rings is 1. The fourth-order valence-electron chi connectivity index (χ4n) is 0.728. The normalized spacial score (nSPS) is 13.0. The molecule has 3 N–H and O–H groups in total. The van der Waals surface area contributed by atoms with Gasteiger partial charge in [0.25, 0.3) is 0 Å². The summed E-state index contributed by atoms with van der Waals surface area (Å²) >= 11 is 0. The van der Waals surface area contributed by atoms with Crippen LogP contribution >= 0.6 is 0 Å². The van der Waals surface area contributed by atoms with Crippen molar-refractivity contribution in [2.24, 2.45) is 5.84 Å². The molecule has 0 saturated carbocycles. The van der Waals surface area contributed by atoms with Crippen molar-refractivity contribution in [2.45, 2.75) is 13.0 Å². The highest BCUT2D eigenvalue weighted by Crippen LogP contribution is 2.06. The quantitative estimate of drug-likeness (QED) is 0.463. The maximum absolute atomic E-state index is 5.23. The summed E-state index contributed by atoms with van der Waals surface area (Å²) in [6.07, 6.45) is 3.54. The summed E-state index contributed by atoms with van der Waals surface area (Å²) in [6.45, 7) is 1.98. The molecule has 3 heteroatoms. The van der Waals surface area contributed by atoms with E-state index in [0.717, 1.165) is 5.56 Å². The van der Waals surface area contributed by atoms with Gasteiger partial charge in [-0.2, -0.15) is 0 Å². The van der Waals surface area contributed by atoms with Gasteiger partial charge in [-0.05, 0) is 18.6 Å². The van der Waals surface area contributed by atoms with Crippen molar-refractivity contribution >= 4 is 0 Å². The van der Waals surface area contributed by atoms with Crippen molar-refractivity contribution < 1.29 is 0 Å². The number of nitrogens with one attached hydrogen (secondary N) is 1. The summed E-state index contributed by atoms with van der Waals surface area (Å²) in [7, 11) is 0. The van der Waals surface area contributed by atoms with E-state index in [1.165, 1.54) is 0 Å². The van der Waals surface area contributed by atoms with E-state index in [4.69, 9.17) is 5.84 Å². The van der Waals surface area contributed by atoms with E-state index < -0.39 is 0 Å². The molecule has 0 fully saturated rings. The topological polar surface area (TPSA) is 50.9 Å². The molecule has 54 valence electrons. The number of nitrogens with two attached hydrogens (primary N) is 1. The molecular weight excluding hydrogens is 126 g/mol. The predicted octanol–water partition coefficient (Wildman–Crippen LogP) is 0.606. The van der Waals surface area contributed by atoms with Gasteiger partial charge >= 0.3 is 0 Å². The van der Waals surface area contributed by atoms with Crippen molar-refractivity contribution in [3.63, 3.8) is 0 Å². The molecular formula is C7H11N3. The minimum absolute atomic E-state index is 0.175. The third-order valence-corrected chi connectivity index (χ3v) is 1.43. The second kappa shape index (κ2) is 3.29. The van der Waals surface area contributed by atoms with Crippen LogP contribution in [0.15, 0.2) is 24.5 Å². The molecule has 1 heterocycles. The van der Waals surface area contributed by atoms with Crippen molar-refractivity contribution in [2.75, 3.05) is 0 Å². The first-order chi connectivity index (χ1) is 4.84. The summed E-state index contributed by atoms with van der Waals surface area (Å²) in [5.74, 6) is 5.23. The standard InChI is InChI=1S/C7H11N3/c1-6(10-8)7-3-2-4-9-5-7/h2-6,10H,8H2,1H3. The Balaban J connectivity index is 2.75. The monoisotopic (exact) mass is 137 g/mol. The van der Waals surface area contributed by atoms with Gasteiger partial charge in [-0.15, -0.1) is 0 Å². The Bertz CT molecular complexity index is 185. The van der Waals surface area contributed by atoms with Crippen molar-refractivity contribution in [1.29, 1.82) is 0 Å². The average Bonchev–Trinajstić information content (AvgIpc) is 2.05. The summed E-state index contributed by atoms with van der Waals surface area (Å²) < 4.78 is 0. The van der Waals surface area contributed by atoms with E-state index in [0.29, 0.717) is 0 Å². The first kappa shape index (κ1) is 7.18. The molecule has 1 aromatic heterocycles. The second-order valence-corrected chi connectivity index (χ2v) is 2.17. The molecule has 1 unspecified atom stereocenters. The molecule has 0 aromatic carbocycles. The van der Waals surface area contributed by atoms with Crippen LogP contribution in [0.2, 0.25) is 0 Å². The van der Waals surface area contributed by atoms with Crippen LogP contribution < -0.4 is 11.3 Å². The first-order valence-electron chi connectivity index (χ1n) is 3.20. The minimum atomic E-state index is 0.175. The number of hydrogen-bond acceptors (Lipinski definition) is 3. The van der Waals surface area contributed by atoms with Crippen LogP contribution in [0, 0.1) is 0 Å². The molecule has 0 amide bonds. The zero-order chi connectivity index (χ0) is 7.40. The highest BCUT2D eigenvalue weighted by molar-refractivity contribution is 5.12. The lowest BCUT2D eigenvalue weighted by atomic mass is 10.2. The van der Waals surface area contributed by atoms with Crippen LogP contribution in [-0.2, 0) is 0 Å². The Hall–Kier alpha value is -0.930. The van der Waals surface area contributed by atoms with E-state index in [-0.39, 0.29) is 6.04 Å². The van der Waals surface area contributed by atoms with Crippen LogP contribution in [0.1, 0.15) is 18.5 Å². The van der Waals surface area contributed by atoms with Gasteiger partial charge < -0.3 is 0 Å². The lowest BCUT2D eigenvalue weighted by Crippen LogP contribution is -2.25. The molecule has 0 saturated heterocycles. The third kappa shape index (κ3) is 1.52. The molecule has 1 aromatic rings. The zero-order valence-electron chi connectivity index (χ0n) is 5.91. The Morgan fingerprint density at radius 1 is 1.70 bits per heavy atom. The lowest BCUT2D eigenvalue weighted by Gasteiger charge is -2.07. The maximum Gasteiger partial charge on any atom is 0.0447 e. The van der Waals surface area contributed by atoms with Gasteiger partial charge in [-0.25, -0.2) is 0 Å². The lowest BCUT2D eigenvalue weighted by molar-refractivity contribution is 0.600. The molecule has 0 aliphatic heterocycles. The Labute approximate surface area is 60.2 Å². The van der Waals surface area contributed by atoms with E-state index in [1.807, 2.05) is 19.1 Å². The van der Waals surface area contributed by atoms with E-state index in [1.54, 1.807) is 12.4 Å². The second-order valence-electron chi connectivity index (χ2n) is 2.17. The van der Waals surface area contributed by atoms with E-state index in [2.05, 4.69) is 10.4 Å². The van der Waals surface area contributed by atoms with Crippen LogP contribution in [0.3, 0.4) is 0 Å². The Morgan fingerprint density at radius 2 is 2.50 bits per heavy atom. The average molecular weight is 137 g/mol. The summed E-state index contributed by atoms with van der Waals surface area (Å²) in [4.78, 5) is 3.96. The molecule has 0 bridgehead atoms. The summed E-state index contributed by atoms with van der Waals surface area (Å²) in [5, 5.41) is 0. The van der Waals surface area contributed by atoms with Crippen LogP contribution in [0.5, 0.6) is 0 Å². The van der Waals surface area contributed by atoms with E-state index in [9.17, 15) is 0 Å². The first-order valence-corrected chi connectivity index (χ1v) is 3.20. The minimum Gasteiger partial charge on any atom is -0.271 e. The number of rotatable bonds is 2. The van der Waals surface area contributed by atoms with Crippen LogP contribution in [0.4, 0.5) is 0 Å². The number of nitrogens with zero attached hydrogens (tertiary/aromatic N) is 1. The zero-order valence-corrected chi connectivity index (χ0v) is 5.91. The van der Waals surface area contributed by atoms with E-state index >= 15 is 0 Å². The molecule has 0 spiro atoms. The van der Waals surface area contributed by atoms with Gasteiger partial charge in [0, 0.05) is 18.4 Å². The summed E-state index contributed by atoms with van der Waals surface area (Å²) in [5.41, 5.74) is 3.74. The largest absolute Gasteiger partial charge is 0.271 e. The molecule has 3 nitrogen and oxygen atoms in total. The molecule has 10 heavy (non-hydrogen) atoms. The molecule has 0 aliphatic rings. The van der Waals surface area contributed by atoms with Gasteiger partial charge in [-0.3, -0.25) is 16.3 Å². The fourth-order valence-corrected chi connectivity index (χ4v) is 0.728. The van der Waals surface area contributed by atoms with Gasteiger partial charge in [0.15, 0.2) is 0 Å². The van der Waals surface area contributed by atoms with Crippen LogP contribution in [0.25, 0.3) is 0 Å². The number of aromatic nitrogens is 1. The van der Waals surface area contributed by atoms with Crippen molar-refractivity contribution in [1.82, 2.24) is 10.4 Å². The highest BCUT2D eigenvalue weighted by Gasteiger charge is 1.99. The van der Waals surface area contributed by atoms with Gasteiger partial charge in [-0.1, -0.05) is 6.07 Å². The molecule has 0 radical (unpaired) electrons. The number of hydrogen-bond donors (Lipinski definition) is 2.